The average molecular weight is 386 g/mol. The molecule has 2 N–H and O–H groups in total. The van der Waals surface area contributed by atoms with E-state index < -0.39 is 17.5 Å². The summed E-state index contributed by atoms with van der Waals surface area (Å²) in [5.74, 6) is -1.02. The van der Waals surface area contributed by atoms with Crippen LogP contribution in [0.25, 0.3) is 5.69 Å². The zero-order valence-electron chi connectivity index (χ0n) is 16.2. The van der Waals surface area contributed by atoms with E-state index in [0.717, 1.165) is 0 Å². The van der Waals surface area contributed by atoms with Gasteiger partial charge in [0.25, 0.3) is 5.91 Å². The number of para-hydroxylation sites is 1. The van der Waals surface area contributed by atoms with Gasteiger partial charge in [0, 0.05) is 13.1 Å². The second-order valence-electron chi connectivity index (χ2n) is 7.78. The van der Waals surface area contributed by atoms with Gasteiger partial charge in [-0.2, -0.15) is 5.10 Å². The smallest absolute Gasteiger partial charge is 0.314 e. The van der Waals surface area contributed by atoms with Gasteiger partial charge in [0.05, 0.1) is 17.4 Å². The first-order valence-corrected chi connectivity index (χ1v) is 9.50. The lowest BCUT2D eigenvalue weighted by Gasteiger charge is -2.43. The van der Waals surface area contributed by atoms with Crippen LogP contribution in [0.3, 0.4) is 0 Å². The average Bonchev–Trinajstić information content (AvgIpc) is 3.21. The number of hydrogen-bond acceptors (Lipinski definition) is 5. The molecular weight excluding hydrogens is 360 g/mol. The minimum atomic E-state index is -1.35. The summed E-state index contributed by atoms with van der Waals surface area (Å²) in [7, 11) is 0. The first-order valence-electron chi connectivity index (χ1n) is 9.50. The summed E-state index contributed by atoms with van der Waals surface area (Å²) in [5, 5.41) is 24.6. The lowest BCUT2D eigenvalue weighted by atomic mass is 9.72. The fourth-order valence-electron chi connectivity index (χ4n) is 3.72. The highest BCUT2D eigenvalue weighted by molar-refractivity contribution is 5.98. The maximum atomic E-state index is 13.3. The van der Waals surface area contributed by atoms with Crippen LogP contribution in [0.4, 0.5) is 0 Å². The van der Waals surface area contributed by atoms with Gasteiger partial charge >= 0.3 is 5.97 Å². The fourth-order valence-corrected chi connectivity index (χ4v) is 3.72. The Balaban J connectivity index is 1.90. The molecular formula is C20H26N4O4. The van der Waals surface area contributed by atoms with Gasteiger partial charge in [-0.05, 0) is 37.3 Å². The molecule has 2 aromatic rings. The summed E-state index contributed by atoms with van der Waals surface area (Å²) < 4.78 is 1.51. The summed E-state index contributed by atoms with van der Waals surface area (Å²) in [6.45, 7) is 4.33. The van der Waals surface area contributed by atoms with Crippen LogP contribution < -0.4 is 0 Å². The Bertz CT molecular complexity index is 836. The molecule has 1 fully saturated rings. The monoisotopic (exact) mass is 386 g/mol. The normalized spacial score (nSPS) is 22.4. The number of rotatable bonds is 6. The Labute approximate surface area is 163 Å². The number of likely N-dealkylation sites (tertiary alicyclic amines) is 1. The molecule has 8 nitrogen and oxygen atoms in total. The van der Waals surface area contributed by atoms with Crippen molar-refractivity contribution >= 4 is 11.9 Å². The highest BCUT2D eigenvalue weighted by atomic mass is 16.4. The standard InChI is InChI=1S/C20H26N4O4/c1-14(2)7-9-20(19(27)28)11-23(10-8-17(20)25)18(26)15-5-3-4-6-16(15)24-13-21-12-22-24/h3-6,12-14,17,25H,7-11H2,1-2H3,(H,27,28)/t17-,20-/m1/s1. The predicted molar refractivity (Wildman–Crippen MR) is 102 cm³/mol. The van der Waals surface area contributed by atoms with Crippen LogP contribution in [0.2, 0.25) is 0 Å². The summed E-state index contributed by atoms with van der Waals surface area (Å²) in [6, 6.07) is 7.03. The first-order chi connectivity index (χ1) is 13.3. The predicted octanol–water partition coefficient (Wildman–Crippen LogP) is 1.98. The highest BCUT2D eigenvalue weighted by Crippen LogP contribution is 2.37. The molecule has 1 saturated heterocycles. The van der Waals surface area contributed by atoms with E-state index in [1.165, 1.54) is 22.2 Å². The maximum Gasteiger partial charge on any atom is 0.314 e. The van der Waals surface area contributed by atoms with E-state index in [1.807, 2.05) is 13.8 Å². The number of amides is 1. The molecule has 1 aliphatic heterocycles. The molecule has 8 heteroatoms. The van der Waals surface area contributed by atoms with Crippen LogP contribution in [0.5, 0.6) is 0 Å². The van der Waals surface area contributed by atoms with Crippen molar-refractivity contribution in [2.24, 2.45) is 11.3 Å². The van der Waals surface area contributed by atoms with Gasteiger partial charge in [-0.15, -0.1) is 0 Å². The number of aliphatic hydroxyl groups is 1. The number of carboxylic acids is 1. The van der Waals surface area contributed by atoms with Gasteiger partial charge in [-0.25, -0.2) is 9.67 Å². The molecule has 1 amide bonds. The van der Waals surface area contributed by atoms with Crippen molar-refractivity contribution in [1.82, 2.24) is 19.7 Å². The second kappa shape index (κ2) is 8.10. The Morgan fingerprint density at radius 3 is 2.71 bits per heavy atom. The summed E-state index contributed by atoms with van der Waals surface area (Å²) in [5.41, 5.74) is -0.341. The van der Waals surface area contributed by atoms with Crippen LogP contribution in [0.1, 0.15) is 43.5 Å². The van der Waals surface area contributed by atoms with E-state index in [2.05, 4.69) is 10.1 Å². The number of carbonyl (C=O) groups excluding carboxylic acids is 1. The lowest BCUT2D eigenvalue weighted by Crippen LogP contribution is -2.57. The van der Waals surface area contributed by atoms with Gasteiger partial charge in [0.2, 0.25) is 0 Å². The Kier molecular flexibility index (Phi) is 5.79. The van der Waals surface area contributed by atoms with Crippen LogP contribution in [-0.4, -0.2) is 60.9 Å². The number of hydrogen-bond donors (Lipinski definition) is 2. The zero-order valence-corrected chi connectivity index (χ0v) is 16.2. The summed E-state index contributed by atoms with van der Waals surface area (Å²) in [6.07, 6.45) is 3.16. The van der Waals surface area contributed by atoms with Gasteiger partial charge < -0.3 is 15.1 Å². The molecule has 0 aliphatic carbocycles. The third-order valence-corrected chi connectivity index (χ3v) is 5.46. The zero-order chi connectivity index (χ0) is 20.3. The lowest BCUT2D eigenvalue weighted by molar-refractivity contribution is -0.163. The van der Waals surface area contributed by atoms with Crippen molar-refractivity contribution in [1.29, 1.82) is 0 Å². The van der Waals surface area contributed by atoms with Crippen LogP contribution in [0.15, 0.2) is 36.9 Å². The molecule has 1 aromatic heterocycles. The summed E-state index contributed by atoms with van der Waals surface area (Å²) >= 11 is 0. The molecule has 0 radical (unpaired) electrons. The number of nitrogens with zero attached hydrogens (tertiary/aromatic N) is 4. The number of aliphatic hydroxyl groups excluding tert-OH is 1. The number of benzene rings is 1. The number of carboxylic acid groups (broad SMARTS) is 1. The van der Waals surface area contributed by atoms with E-state index in [0.29, 0.717) is 36.6 Å². The van der Waals surface area contributed by atoms with Crippen LogP contribution in [0, 0.1) is 11.3 Å². The highest BCUT2D eigenvalue weighted by Gasteiger charge is 2.50. The molecule has 0 unspecified atom stereocenters. The van der Waals surface area contributed by atoms with Gasteiger partial charge in [0.15, 0.2) is 0 Å². The Morgan fingerprint density at radius 2 is 2.07 bits per heavy atom. The SMILES string of the molecule is CC(C)CC[C@@]1(C(=O)O)CN(C(=O)c2ccccc2-n2cncn2)CC[C@H]1O. The summed E-state index contributed by atoms with van der Waals surface area (Å²) in [4.78, 5) is 30.9. The quantitative estimate of drug-likeness (QED) is 0.786. The van der Waals surface area contributed by atoms with Gasteiger partial charge in [-0.3, -0.25) is 9.59 Å². The minimum Gasteiger partial charge on any atom is -0.481 e. The Hall–Kier alpha value is -2.74. The van der Waals surface area contributed by atoms with E-state index in [-0.39, 0.29) is 18.9 Å². The molecule has 1 aliphatic rings. The second-order valence-corrected chi connectivity index (χ2v) is 7.78. The Morgan fingerprint density at radius 1 is 1.32 bits per heavy atom. The molecule has 1 aromatic carbocycles. The molecule has 3 rings (SSSR count). The van der Waals surface area contributed by atoms with E-state index in [9.17, 15) is 19.8 Å². The maximum absolute atomic E-state index is 13.3. The molecule has 0 spiro atoms. The topological polar surface area (TPSA) is 109 Å². The van der Waals surface area contributed by atoms with Crippen molar-refractivity contribution in [2.75, 3.05) is 13.1 Å². The number of carbonyl (C=O) groups is 2. The largest absolute Gasteiger partial charge is 0.481 e. The number of aliphatic carboxylic acids is 1. The number of piperidine rings is 1. The van der Waals surface area contributed by atoms with Crippen molar-refractivity contribution in [3.05, 3.63) is 42.5 Å². The van der Waals surface area contributed by atoms with Gasteiger partial charge in [-0.1, -0.05) is 26.0 Å². The molecule has 0 bridgehead atoms. The molecule has 0 saturated carbocycles. The van der Waals surface area contributed by atoms with Gasteiger partial charge in [0.1, 0.15) is 18.1 Å². The van der Waals surface area contributed by atoms with Crippen molar-refractivity contribution in [2.45, 2.75) is 39.2 Å². The third-order valence-electron chi connectivity index (χ3n) is 5.46. The van der Waals surface area contributed by atoms with Crippen molar-refractivity contribution in [3.63, 3.8) is 0 Å². The van der Waals surface area contributed by atoms with Crippen LogP contribution in [-0.2, 0) is 4.79 Å². The minimum absolute atomic E-state index is 0.0132. The van der Waals surface area contributed by atoms with Crippen molar-refractivity contribution in [3.8, 4) is 5.69 Å². The van der Waals surface area contributed by atoms with E-state index in [4.69, 9.17) is 0 Å². The molecule has 28 heavy (non-hydrogen) atoms. The molecule has 150 valence electrons. The van der Waals surface area contributed by atoms with E-state index >= 15 is 0 Å². The van der Waals surface area contributed by atoms with Crippen molar-refractivity contribution < 1.29 is 19.8 Å². The molecule has 2 atom stereocenters. The molecule has 2 heterocycles. The first kappa shape index (κ1) is 20.0. The van der Waals surface area contributed by atoms with E-state index in [1.54, 1.807) is 24.3 Å². The number of aromatic nitrogens is 3. The van der Waals surface area contributed by atoms with Crippen LogP contribution >= 0.6 is 0 Å². The third kappa shape index (κ3) is 3.77. The fraction of sp³-hybridized carbons (Fsp3) is 0.500.